The van der Waals surface area contributed by atoms with Gasteiger partial charge in [0.1, 0.15) is 5.78 Å². The van der Waals surface area contributed by atoms with Crippen LogP contribution in [0, 0.1) is 0 Å². The minimum atomic E-state index is 0.0467. The standard InChI is InChI=1S/C14H18N2O2/c1-9(17)7-13(15-2)11-3-5-12-10(8-11)4-6-14(18)16-12/h3,5,8,13,15H,4,6-7H2,1-2H3,(H,16,18). The number of hydrogen-bond acceptors (Lipinski definition) is 3. The number of aryl methyl sites for hydroxylation is 1. The predicted molar refractivity (Wildman–Crippen MR) is 70.5 cm³/mol. The fourth-order valence-corrected chi connectivity index (χ4v) is 2.29. The molecule has 1 aliphatic heterocycles. The van der Waals surface area contributed by atoms with Gasteiger partial charge in [0.25, 0.3) is 0 Å². The van der Waals surface area contributed by atoms with E-state index in [1.807, 2.05) is 19.2 Å². The van der Waals surface area contributed by atoms with Gasteiger partial charge in [-0.15, -0.1) is 0 Å². The maximum absolute atomic E-state index is 11.3. The zero-order valence-corrected chi connectivity index (χ0v) is 10.7. The van der Waals surface area contributed by atoms with Gasteiger partial charge < -0.3 is 10.6 Å². The van der Waals surface area contributed by atoms with Crippen molar-refractivity contribution < 1.29 is 9.59 Å². The van der Waals surface area contributed by atoms with Crippen molar-refractivity contribution in [2.24, 2.45) is 0 Å². The third-order valence-corrected chi connectivity index (χ3v) is 3.27. The van der Waals surface area contributed by atoms with Gasteiger partial charge in [0.05, 0.1) is 0 Å². The van der Waals surface area contributed by atoms with Gasteiger partial charge in [-0.3, -0.25) is 9.59 Å². The van der Waals surface area contributed by atoms with Crippen LogP contribution in [-0.4, -0.2) is 18.7 Å². The monoisotopic (exact) mass is 246 g/mol. The van der Waals surface area contributed by atoms with E-state index in [4.69, 9.17) is 0 Å². The third-order valence-electron chi connectivity index (χ3n) is 3.27. The van der Waals surface area contributed by atoms with Gasteiger partial charge in [-0.05, 0) is 37.6 Å². The van der Waals surface area contributed by atoms with Crippen LogP contribution in [0.3, 0.4) is 0 Å². The first kappa shape index (κ1) is 12.8. The second kappa shape index (κ2) is 5.31. The lowest BCUT2D eigenvalue weighted by molar-refractivity contribution is -0.117. The van der Waals surface area contributed by atoms with Crippen molar-refractivity contribution in [2.75, 3.05) is 12.4 Å². The maximum atomic E-state index is 11.3. The number of carbonyl (C=O) groups excluding carboxylic acids is 2. The van der Waals surface area contributed by atoms with Gasteiger partial charge in [0, 0.05) is 24.6 Å². The highest BCUT2D eigenvalue weighted by molar-refractivity contribution is 5.93. The van der Waals surface area contributed by atoms with Crippen LogP contribution in [0.4, 0.5) is 5.69 Å². The van der Waals surface area contributed by atoms with E-state index in [1.54, 1.807) is 6.92 Å². The fourth-order valence-electron chi connectivity index (χ4n) is 2.29. The van der Waals surface area contributed by atoms with Crippen molar-refractivity contribution in [1.82, 2.24) is 5.32 Å². The first-order chi connectivity index (χ1) is 8.60. The van der Waals surface area contributed by atoms with Gasteiger partial charge in [0.2, 0.25) is 5.91 Å². The number of nitrogens with one attached hydrogen (secondary N) is 2. The van der Waals surface area contributed by atoms with Crippen molar-refractivity contribution in [1.29, 1.82) is 0 Å². The molecule has 2 N–H and O–H groups in total. The summed E-state index contributed by atoms with van der Waals surface area (Å²) in [6.07, 6.45) is 1.79. The summed E-state index contributed by atoms with van der Waals surface area (Å²) in [6.45, 7) is 1.60. The van der Waals surface area contributed by atoms with Crippen molar-refractivity contribution in [3.63, 3.8) is 0 Å². The van der Waals surface area contributed by atoms with Gasteiger partial charge in [-0.1, -0.05) is 12.1 Å². The van der Waals surface area contributed by atoms with Gasteiger partial charge in [0.15, 0.2) is 0 Å². The Kier molecular flexibility index (Phi) is 3.77. The summed E-state index contributed by atoms with van der Waals surface area (Å²) in [5, 5.41) is 6.02. The Bertz CT molecular complexity index is 483. The molecule has 0 radical (unpaired) electrons. The second-order valence-corrected chi connectivity index (χ2v) is 4.71. The number of carbonyl (C=O) groups is 2. The van der Waals surface area contributed by atoms with Crippen LogP contribution in [0.15, 0.2) is 18.2 Å². The Hall–Kier alpha value is -1.68. The molecular formula is C14H18N2O2. The summed E-state index contributed by atoms with van der Waals surface area (Å²) >= 11 is 0. The Morgan fingerprint density at radius 1 is 1.44 bits per heavy atom. The van der Waals surface area contributed by atoms with Crippen molar-refractivity contribution in [3.05, 3.63) is 29.3 Å². The Balaban J connectivity index is 2.24. The number of rotatable bonds is 4. The lowest BCUT2D eigenvalue weighted by Crippen LogP contribution is -2.22. The van der Waals surface area contributed by atoms with Crippen LogP contribution in [0.1, 0.15) is 36.9 Å². The molecule has 1 aromatic carbocycles. The number of anilines is 1. The molecule has 0 spiro atoms. The lowest BCUT2D eigenvalue weighted by Gasteiger charge is -2.21. The number of hydrogen-bond donors (Lipinski definition) is 2. The minimum absolute atomic E-state index is 0.0467. The fraction of sp³-hybridized carbons (Fsp3) is 0.429. The molecule has 0 fully saturated rings. The van der Waals surface area contributed by atoms with Crippen molar-refractivity contribution >= 4 is 17.4 Å². The number of ketones is 1. The number of amides is 1. The van der Waals surface area contributed by atoms with Gasteiger partial charge in [-0.2, -0.15) is 0 Å². The average molecular weight is 246 g/mol. The molecular weight excluding hydrogens is 228 g/mol. The van der Waals surface area contributed by atoms with Crippen LogP contribution in [0.5, 0.6) is 0 Å². The largest absolute Gasteiger partial charge is 0.326 e. The molecule has 2 rings (SSSR count). The number of fused-ring (bicyclic) bond motifs is 1. The van der Waals surface area contributed by atoms with E-state index in [2.05, 4.69) is 16.7 Å². The molecule has 1 amide bonds. The summed E-state index contributed by atoms with van der Waals surface area (Å²) in [6, 6.07) is 6.02. The molecule has 18 heavy (non-hydrogen) atoms. The van der Waals surface area contributed by atoms with Crippen LogP contribution < -0.4 is 10.6 Å². The van der Waals surface area contributed by atoms with Crippen LogP contribution in [0.25, 0.3) is 0 Å². The molecule has 0 aromatic heterocycles. The molecule has 0 aliphatic carbocycles. The Morgan fingerprint density at radius 2 is 2.22 bits per heavy atom. The van der Waals surface area contributed by atoms with Crippen molar-refractivity contribution in [3.8, 4) is 0 Å². The highest BCUT2D eigenvalue weighted by atomic mass is 16.1. The maximum Gasteiger partial charge on any atom is 0.224 e. The summed E-state index contributed by atoms with van der Waals surface area (Å²) in [7, 11) is 1.86. The normalized spacial score (nSPS) is 15.8. The Labute approximate surface area is 107 Å². The summed E-state index contributed by atoms with van der Waals surface area (Å²) in [4.78, 5) is 22.5. The molecule has 4 nitrogen and oxygen atoms in total. The molecule has 0 saturated carbocycles. The molecule has 1 atom stereocenters. The highest BCUT2D eigenvalue weighted by Gasteiger charge is 2.17. The lowest BCUT2D eigenvalue weighted by atomic mass is 9.95. The van der Waals surface area contributed by atoms with Crippen LogP contribution in [-0.2, 0) is 16.0 Å². The first-order valence-corrected chi connectivity index (χ1v) is 6.19. The van der Waals surface area contributed by atoms with E-state index in [0.717, 1.165) is 23.2 Å². The van der Waals surface area contributed by atoms with Gasteiger partial charge in [-0.25, -0.2) is 0 Å². The molecule has 96 valence electrons. The zero-order valence-electron chi connectivity index (χ0n) is 10.7. The molecule has 1 heterocycles. The average Bonchev–Trinajstić information content (AvgIpc) is 2.35. The first-order valence-electron chi connectivity index (χ1n) is 6.19. The third kappa shape index (κ3) is 2.76. The molecule has 0 saturated heterocycles. The molecule has 1 aromatic rings. The predicted octanol–water partition coefficient (Wildman–Crippen LogP) is 1.81. The van der Waals surface area contributed by atoms with E-state index in [-0.39, 0.29) is 17.7 Å². The molecule has 0 bridgehead atoms. The number of benzene rings is 1. The molecule has 1 aliphatic rings. The Morgan fingerprint density at radius 3 is 2.89 bits per heavy atom. The SMILES string of the molecule is CNC(CC(C)=O)c1ccc2c(c1)CCC(=O)N2. The summed E-state index contributed by atoms with van der Waals surface area (Å²) < 4.78 is 0. The zero-order chi connectivity index (χ0) is 13.1. The minimum Gasteiger partial charge on any atom is -0.326 e. The van der Waals surface area contributed by atoms with E-state index < -0.39 is 0 Å². The van der Waals surface area contributed by atoms with E-state index >= 15 is 0 Å². The van der Waals surface area contributed by atoms with Gasteiger partial charge >= 0.3 is 0 Å². The van der Waals surface area contributed by atoms with E-state index in [1.165, 1.54) is 0 Å². The quantitative estimate of drug-likeness (QED) is 0.852. The second-order valence-electron chi connectivity index (χ2n) is 4.71. The highest BCUT2D eigenvalue weighted by Crippen LogP contribution is 2.27. The van der Waals surface area contributed by atoms with Crippen LogP contribution in [0.2, 0.25) is 0 Å². The smallest absolute Gasteiger partial charge is 0.224 e. The summed E-state index contributed by atoms with van der Waals surface area (Å²) in [5.74, 6) is 0.240. The molecule has 1 unspecified atom stereocenters. The van der Waals surface area contributed by atoms with Crippen molar-refractivity contribution in [2.45, 2.75) is 32.2 Å². The topological polar surface area (TPSA) is 58.2 Å². The number of Topliss-reactive ketones (excluding diaryl/α,β-unsaturated/α-hetero) is 1. The summed E-state index contributed by atoms with van der Waals surface area (Å²) in [5.41, 5.74) is 3.14. The molecule has 4 heteroatoms. The van der Waals surface area contributed by atoms with E-state index in [0.29, 0.717) is 12.8 Å². The van der Waals surface area contributed by atoms with E-state index in [9.17, 15) is 9.59 Å². The van der Waals surface area contributed by atoms with Crippen LogP contribution >= 0.6 is 0 Å².